The average Bonchev–Trinajstić information content (AvgIpc) is 2.31. The van der Waals surface area contributed by atoms with Crippen molar-refractivity contribution in [2.75, 3.05) is 12.3 Å². The molecule has 0 amide bonds. The van der Waals surface area contributed by atoms with Crippen molar-refractivity contribution in [1.82, 2.24) is 0 Å². The number of hydrogen-bond acceptors (Lipinski definition) is 3. The van der Waals surface area contributed by atoms with E-state index < -0.39 is 5.82 Å². The molecule has 2 N–H and O–H groups in total. The fourth-order valence-corrected chi connectivity index (χ4v) is 1.39. The van der Waals surface area contributed by atoms with Crippen LogP contribution in [0.15, 0.2) is 23.8 Å². The smallest absolute Gasteiger partial charge is 0.333 e. The number of hydrogen-bond donors (Lipinski definition) is 1. The third-order valence-electron chi connectivity index (χ3n) is 2.57. The van der Waals surface area contributed by atoms with Crippen LogP contribution < -0.4 is 5.73 Å². The van der Waals surface area contributed by atoms with Crippen molar-refractivity contribution < 1.29 is 13.9 Å². The number of carbonyl (C=O) groups is 1. The topological polar surface area (TPSA) is 52.3 Å². The molecule has 0 aliphatic carbocycles. The molecule has 0 aliphatic heterocycles. The van der Waals surface area contributed by atoms with Gasteiger partial charge in [-0.1, -0.05) is 6.07 Å². The quantitative estimate of drug-likeness (QED) is 0.499. The van der Waals surface area contributed by atoms with Gasteiger partial charge in [0.15, 0.2) is 0 Å². The van der Waals surface area contributed by atoms with Gasteiger partial charge in [-0.05, 0) is 44.0 Å². The lowest BCUT2D eigenvalue weighted by atomic mass is 10.0. The molecule has 3 nitrogen and oxygen atoms in total. The lowest BCUT2D eigenvalue weighted by Crippen LogP contribution is -2.07. The minimum absolute atomic E-state index is 0.0681. The zero-order valence-electron chi connectivity index (χ0n) is 10.2. The molecule has 4 heteroatoms. The van der Waals surface area contributed by atoms with Crippen molar-refractivity contribution in [3.63, 3.8) is 0 Å². The van der Waals surface area contributed by atoms with Crippen LogP contribution in [-0.2, 0) is 9.53 Å². The van der Waals surface area contributed by atoms with E-state index >= 15 is 0 Å². The third kappa shape index (κ3) is 3.06. The number of benzene rings is 1. The Labute approximate surface area is 100 Å². The van der Waals surface area contributed by atoms with Crippen molar-refractivity contribution in [2.24, 2.45) is 0 Å². The molecule has 17 heavy (non-hydrogen) atoms. The predicted molar refractivity (Wildman–Crippen MR) is 65.7 cm³/mol. The first kappa shape index (κ1) is 13.2. The highest BCUT2D eigenvalue weighted by Gasteiger charge is 2.11. The molecule has 1 aromatic carbocycles. The van der Waals surface area contributed by atoms with Crippen molar-refractivity contribution in [1.29, 1.82) is 0 Å². The van der Waals surface area contributed by atoms with Crippen molar-refractivity contribution in [2.45, 2.75) is 20.8 Å². The largest absolute Gasteiger partial charge is 0.463 e. The summed E-state index contributed by atoms with van der Waals surface area (Å²) < 4.78 is 17.9. The maximum atomic E-state index is 13.0. The molecule has 1 rings (SSSR count). The van der Waals surface area contributed by atoms with Gasteiger partial charge in [-0.25, -0.2) is 9.18 Å². The van der Waals surface area contributed by atoms with Crippen molar-refractivity contribution in [3.8, 4) is 0 Å². The molecule has 0 atom stereocenters. The molecule has 0 saturated heterocycles. The Kier molecular flexibility index (Phi) is 4.26. The second kappa shape index (κ2) is 5.48. The maximum absolute atomic E-state index is 13.0. The highest BCUT2D eigenvalue weighted by molar-refractivity contribution is 5.96. The fourth-order valence-electron chi connectivity index (χ4n) is 1.39. The van der Waals surface area contributed by atoms with Gasteiger partial charge in [0.05, 0.1) is 12.3 Å². The van der Waals surface area contributed by atoms with E-state index in [9.17, 15) is 9.18 Å². The Bertz CT molecular complexity index is 466. The third-order valence-corrected chi connectivity index (χ3v) is 2.57. The Morgan fingerprint density at radius 3 is 2.59 bits per heavy atom. The summed E-state index contributed by atoms with van der Waals surface area (Å²) in [5, 5.41) is 0. The summed E-state index contributed by atoms with van der Waals surface area (Å²) in [4.78, 5) is 11.5. The lowest BCUT2D eigenvalue weighted by Gasteiger charge is -2.08. The van der Waals surface area contributed by atoms with Gasteiger partial charge in [-0.15, -0.1) is 0 Å². The maximum Gasteiger partial charge on any atom is 0.333 e. The number of anilines is 1. The van der Waals surface area contributed by atoms with E-state index in [0.717, 1.165) is 11.1 Å². The molecule has 0 spiro atoms. The lowest BCUT2D eigenvalue weighted by molar-refractivity contribution is -0.138. The second-order valence-electron chi connectivity index (χ2n) is 3.71. The number of nitrogens with two attached hydrogens (primary N) is 1. The van der Waals surface area contributed by atoms with E-state index in [1.54, 1.807) is 26.8 Å². The van der Waals surface area contributed by atoms with Crippen molar-refractivity contribution in [3.05, 3.63) is 35.2 Å². The summed E-state index contributed by atoms with van der Waals surface area (Å²) >= 11 is 0. The molecule has 0 unspecified atom stereocenters. The second-order valence-corrected chi connectivity index (χ2v) is 3.71. The highest BCUT2D eigenvalue weighted by atomic mass is 19.1. The Balaban J connectivity index is 3.09. The van der Waals surface area contributed by atoms with E-state index in [0.29, 0.717) is 12.2 Å². The summed E-state index contributed by atoms with van der Waals surface area (Å²) in [5.74, 6) is -0.830. The minimum Gasteiger partial charge on any atom is -0.463 e. The van der Waals surface area contributed by atoms with Crippen LogP contribution in [0.3, 0.4) is 0 Å². The molecule has 1 aromatic rings. The Hall–Kier alpha value is -1.84. The van der Waals surface area contributed by atoms with Crippen LogP contribution in [0.2, 0.25) is 0 Å². The molecule has 0 fully saturated rings. The Morgan fingerprint density at radius 1 is 1.41 bits per heavy atom. The van der Waals surface area contributed by atoms with E-state index in [2.05, 4.69) is 0 Å². The van der Waals surface area contributed by atoms with Crippen LogP contribution >= 0.6 is 0 Å². The molecular weight excluding hydrogens is 221 g/mol. The number of carbonyl (C=O) groups excluding carboxylic acids is 1. The summed E-state index contributed by atoms with van der Waals surface area (Å²) in [6.07, 6.45) is 0. The number of ether oxygens (including phenoxy) is 1. The zero-order valence-corrected chi connectivity index (χ0v) is 10.2. The molecule has 0 bridgehead atoms. The van der Waals surface area contributed by atoms with Gasteiger partial charge in [-0.2, -0.15) is 0 Å². The van der Waals surface area contributed by atoms with Crippen LogP contribution in [0.25, 0.3) is 5.57 Å². The van der Waals surface area contributed by atoms with Gasteiger partial charge in [0.25, 0.3) is 0 Å². The summed E-state index contributed by atoms with van der Waals surface area (Å²) in [6.45, 7) is 5.53. The first-order chi connectivity index (χ1) is 7.97. The molecule has 0 radical (unpaired) electrons. The molecule has 0 aromatic heterocycles. The SMILES string of the molecule is CCOC(=O)C(C)=C(C)c1ccc(F)c(N)c1. The normalized spacial score (nSPS) is 12.0. The molecule has 92 valence electrons. The van der Waals surface area contributed by atoms with Crippen molar-refractivity contribution >= 4 is 17.2 Å². The minimum atomic E-state index is -0.463. The number of nitrogen functional groups attached to an aromatic ring is 1. The first-order valence-electron chi connectivity index (χ1n) is 5.37. The van der Waals surface area contributed by atoms with Crippen LogP contribution in [0, 0.1) is 5.82 Å². The van der Waals surface area contributed by atoms with Crippen LogP contribution in [0.5, 0.6) is 0 Å². The van der Waals surface area contributed by atoms with Gasteiger partial charge in [0.2, 0.25) is 0 Å². The molecule has 0 saturated carbocycles. The summed E-state index contributed by atoms with van der Waals surface area (Å²) in [5.41, 5.74) is 7.49. The first-order valence-corrected chi connectivity index (χ1v) is 5.37. The summed E-state index contributed by atoms with van der Waals surface area (Å²) in [6, 6.07) is 4.38. The monoisotopic (exact) mass is 237 g/mol. The number of esters is 1. The van der Waals surface area contributed by atoms with Crippen LogP contribution in [0.1, 0.15) is 26.3 Å². The van der Waals surface area contributed by atoms with E-state index in [1.807, 2.05) is 0 Å². The van der Waals surface area contributed by atoms with E-state index in [-0.39, 0.29) is 11.7 Å². The van der Waals surface area contributed by atoms with Gasteiger partial charge in [0.1, 0.15) is 5.82 Å². The standard InChI is InChI=1S/C13H16FNO2/c1-4-17-13(16)9(3)8(2)10-5-6-11(14)12(15)7-10/h5-7H,4,15H2,1-3H3. The van der Waals surface area contributed by atoms with Crippen LogP contribution in [-0.4, -0.2) is 12.6 Å². The van der Waals surface area contributed by atoms with Gasteiger partial charge < -0.3 is 10.5 Å². The van der Waals surface area contributed by atoms with Gasteiger partial charge in [0, 0.05) is 5.57 Å². The average molecular weight is 237 g/mol. The zero-order chi connectivity index (χ0) is 13.0. The Morgan fingerprint density at radius 2 is 2.06 bits per heavy atom. The summed E-state index contributed by atoms with van der Waals surface area (Å²) in [7, 11) is 0. The number of halogens is 1. The molecular formula is C13H16FNO2. The predicted octanol–water partition coefficient (Wildman–Crippen LogP) is 2.76. The molecule has 0 aliphatic rings. The fraction of sp³-hybridized carbons (Fsp3) is 0.308. The van der Waals surface area contributed by atoms with Gasteiger partial charge in [-0.3, -0.25) is 0 Å². The van der Waals surface area contributed by atoms with E-state index in [4.69, 9.17) is 10.5 Å². The number of rotatable bonds is 3. The molecule has 0 heterocycles. The van der Waals surface area contributed by atoms with Gasteiger partial charge >= 0.3 is 5.97 Å². The van der Waals surface area contributed by atoms with Crippen LogP contribution in [0.4, 0.5) is 10.1 Å². The number of allylic oxidation sites excluding steroid dienone is 1. The highest BCUT2D eigenvalue weighted by Crippen LogP contribution is 2.22. The van der Waals surface area contributed by atoms with E-state index in [1.165, 1.54) is 12.1 Å².